The van der Waals surface area contributed by atoms with E-state index in [-0.39, 0.29) is 11.5 Å². The number of aromatic nitrogens is 4. The molecule has 4 heterocycles. The van der Waals surface area contributed by atoms with Gasteiger partial charge >= 0.3 is 0 Å². The summed E-state index contributed by atoms with van der Waals surface area (Å²) in [4.78, 5) is 37.6. The van der Waals surface area contributed by atoms with Crippen LogP contribution in [0, 0.1) is 6.92 Å². The molecule has 0 radical (unpaired) electrons. The van der Waals surface area contributed by atoms with E-state index in [9.17, 15) is 9.59 Å². The Morgan fingerprint density at radius 1 is 1.11 bits per heavy atom. The minimum atomic E-state index is -0.242. The zero-order valence-corrected chi connectivity index (χ0v) is 21.3. The van der Waals surface area contributed by atoms with Crippen LogP contribution in [-0.2, 0) is 17.9 Å². The third kappa shape index (κ3) is 4.95. The Kier molecular flexibility index (Phi) is 6.97. The monoisotopic (exact) mass is 516 g/mol. The van der Waals surface area contributed by atoms with Crippen LogP contribution >= 0.6 is 24.0 Å². The summed E-state index contributed by atoms with van der Waals surface area (Å²) in [6.07, 6.45) is 9.54. The number of carbonyl (C=O) groups is 1. The second-order valence-corrected chi connectivity index (χ2v) is 10.1. The van der Waals surface area contributed by atoms with Crippen LogP contribution in [0.15, 0.2) is 77.1 Å². The van der Waals surface area contributed by atoms with E-state index in [1.807, 2.05) is 60.2 Å². The molecule has 0 bridgehead atoms. The van der Waals surface area contributed by atoms with Crippen molar-refractivity contribution in [1.82, 2.24) is 23.8 Å². The number of nitrogens with one attached hydrogen (secondary N) is 1. The number of anilines is 1. The lowest BCUT2D eigenvalue weighted by molar-refractivity contribution is -0.122. The third-order valence-corrected chi connectivity index (χ3v) is 7.24. The number of thioether (sulfide) groups is 1. The van der Waals surface area contributed by atoms with Gasteiger partial charge in [0.25, 0.3) is 11.5 Å². The molecule has 36 heavy (non-hydrogen) atoms. The highest BCUT2D eigenvalue weighted by Crippen LogP contribution is 2.34. The van der Waals surface area contributed by atoms with Gasteiger partial charge < -0.3 is 9.88 Å². The van der Waals surface area contributed by atoms with Crippen LogP contribution in [0.4, 0.5) is 5.82 Å². The molecule has 1 saturated heterocycles. The molecule has 182 valence electrons. The fourth-order valence-electron chi connectivity index (χ4n) is 4.00. The Morgan fingerprint density at radius 2 is 1.94 bits per heavy atom. The summed E-state index contributed by atoms with van der Waals surface area (Å²) in [5, 5.41) is 3.32. The Labute approximate surface area is 217 Å². The van der Waals surface area contributed by atoms with Crippen LogP contribution in [-0.4, -0.2) is 40.6 Å². The number of nitrogens with zero attached hydrogens (tertiary/aromatic N) is 5. The maximum absolute atomic E-state index is 13.5. The largest absolute Gasteiger partial charge is 0.369 e. The third-order valence-electron chi connectivity index (χ3n) is 5.86. The van der Waals surface area contributed by atoms with Crippen LogP contribution in [0.1, 0.15) is 23.1 Å². The Hall–Kier alpha value is -3.76. The number of carbonyl (C=O) groups excluding carboxylic acids is 1. The van der Waals surface area contributed by atoms with Gasteiger partial charge in [-0.25, -0.2) is 9.97 Å². The van der Waals surface area contributed by atoms with Crippen molar-refractivity contribution in [1.29, 1.82) is 0 Å². The Morgan fingerprint density at radius 3 is 2.72 bits per heavy atom. The number of pyridine rings is 1. The van der Waals surface area contributed by atoms with E-state index in [0.717, 1.165) is 24.1 Å². The normalized spacial score (nSPS) is 14.8. The maximum Gasteiger partial charge on any atom is 0.267 e. The summed E-state index contributed by atoms with van der Waals surface area (Å²) in [6.45, 7) is 3.68. The molecule has 8 nitrogen and oxygen atoms in total. The summed E-state index contributed by atoms with van der Waals surface area (Å²) in [6, 6.07) is 13.4. The molecule has 1 aliphatic heterocycles. The number of fused-ring (bicyclic) bond motifs is 1. The van der Waals surface area contributed by atoms with E-state index >= 15 is 0 Å². The molecule has 1 aromatic carbocycles. The van der Waals surface area contributed by atoms with Gasteiger partial charge in [-0.05, 0) is 36.6 Å². The fourth-order valence-corrected chi connectivity index (χ4v) is 5.23. The molecule has 1 fully saturated rings. The van der Waals surface area contributed by atoms with Crippen molar-refractivity contribution in [2.24, 2.45) is 0 Å². The second kappa shape index (κ2) is 10.5. The standard InChI is InChI=1S/C26H24N6O2S2/c1-18-7-5-13-31-23(18)29-22(28-10-6-12-30-14-11-27-17-30)20(24(31)33)15-21-25(34)32(26(35)36-21)16-19-8-3-2-4-9-19/h2-5,7-9,11,13-15,17,28H,6,10,12,16H2,1H3/b21-15+. The molecule has 3 aromatic heterocycles. The van der Waals surface area contributed by atoms with Gasteiger partial charge in [0.1, 0.15) is 15.8 Å². The number of amides is 1. The van der Waals surface area contributed by atoms with Crippen molar-refractivity contribution < 1.29 is 4.79 Å². The number of hydrogen-bond acceptors (Lipinski definition) is 7. The van der Waals surface area contributed by atoms with Crippen LogP contribution in [0.2, 0.25) is 0 Å². The van der Waals surface area contributed by atoms with E-state index in [2.05, 4.69) is 10.3 Å². The second-order valence-electron chi connectivity index (χ2n) is 8.40. The quantitative estimate of drug-likeness (QED) is 0.214. The van der Waals surface area contributed by atoms with Gasteiger partial charge in [0.2, 0.25) is 0 Å². The Balaban J connectivity index is 1.46. The number of benzene rings is 1. The van der Waals surface area contributed by atoms with Crippen LogP contribution in [0.3, 0.4) is 0 Å². The van der Waals surface area contributed by atoms with Crippen LogP contribution < -0.4 is 10.9 Å². The minimum Gasteiger partial charge on any atom is -0.369 e. The predicted molar refractivity (Wildman–Crippen MR) is 147 cm³/mol. The van der Waals surface area contributed by atoms with Gasteiger partial charge in [-0.1, -0.05) is 60.4 Å². The van der Waals surface area contributed by atoms with Gasteiger partial charge in [-0.15, -0.1) is 0 Å². The predicted octanol–water partition coefficient (Wildman–Crippen LogP) is 4.10. The maximum atomic E-state index is 13.5. The minimum absolute atomic E-state index is 0.214. The summed E-state index contributed by atoms with van der Waals surface area (Å²) >= 11 is 6.70. The van der Waals surface area contributed by atoms with E-state index in [1.54, 1.807) is 29.7 Å². The number of rotatable bonds is 8. The summed E-state index contributed by atoms with van der Waals surface area (Å²) in [5.41, 5.74) is 2.54. The molecule has 1 aliphatic rings. The zero-order chi connectivity index (χ0) is 25.1. The summed E-state index contributed by atoms with van der Waals surface area (Å²) < 4.78 is 3.98. The molecule has 0 spiro atoms. The smallest absolute Gasteiger partial charge is 0.267 e. The topological polar surface area (TPSA) is 84.5 Å². The molecule has 0 saturated carbocycles. The lowest BCUT2D eigenvalue weighted by Gasteiger charge is -2.14. The van der Waals surface area contributed by atoms with Crippen molar-refractivity contribution in [2.75, 3.05) is 11.9 Å². The first-order chi connectivity index (χ1) is 17.5. The van der Waals surface area contributed by atoms with E-state index < -0.39 is 0 Å². The van der Waals surface area contributed by atoms with Gasteiger partial charge in [-0.2, -0.15) is 0 Å². The number of hydrogen-bond donors (Lipinski definition) is 1. The van der Waals surface area contributed by atoms with Gasteiger partial charge in [0.15, 0.2) is 0 Å². The van der Waals surface area contributed by atoms with Gasteiger partial charge in [0.05, 0.1) is 23.3 Å². The summed E-state index contributed by atoms with van der Waals surface area (Å²) in [5.74, 6) is 0.238. The first kappa shape index (κ1) is 24.0. The van der Waals surface area contributed by atoms with E-state index in [0.29, 0.717) is 39.3 Å². The number of aryl methyl sites for hydroxylation is 2. The molecule has 10 heteroatoms. The molecular formula is C26H24N6O2S2. The SMILES string of the molecule is Cc1cccn2c(=O)c(/C=C3/SC(=S)N(Cc4ccccc4)C3=O)c(NCCCn3ccnc3)nc12. The highest BCUT2D eigenvalue weighted by molar-refractivity contribution is 8.26. The highest BCUT2D eigenvalue weighted by atomic mass is 32.2. The van der Waals surface area contributed by atoms with Crippen molar-refractivity contribution in [3.05, 3.63) is 99.3 Å². The molecule has 5 rings (SSSR count). The molecular weight excluding hydrogens is 492 g/mol. The molecule has 1 N–H and O–H groups in total. The van der Waals surface area contributed by atoms with Crippen LogP contribution in [0.25, 0.3) is 11.7 Å². The number of thiocarbonyl (C=S) groups is 1. The molecule has 0 atom stereocenters. The number of imidazole rings is 1. The fraction of sp³-hybridized carbons (Fsp3) is 0.192. The first-order valence-corrected chi connectivity index (χ1v) is 12.7. The zero-order valence-electron chi connectivity index (χ0n) is 19.6. The lowest BCUT2D eigenvalue weighted by atomic mass is 10.2. The molecule has 0 unspecified atom stereocenters. The highest BCUT2D eigenvalue weighted by Gasteiger charge is 2.32. The van der Waals surface area contributed by atoms with Gasteiger partial charge in [-0.3, -0.25) is 18.9 Å². The van der Waals surface area contributed by atoms with Crippen molar-refractivity contribution in [2.45, 2.75) is 26.4 Å². The summed E-state index contributed by atoms with van der Waals surface area (Å²) in [7, 11) is 0. The van der Waals surface area contributed by atoms with Crippen molar-refractivity contribution in [3.8, 4) is 0 Å². The van der Waals surface area contributed by atoms with Crippen molar-refractivity contribution in [3.63, 3.8) is 0 Å². The van der Waals surface area contributed by atoms with E-state index in [4.69, 9.17) is 17.2 Å². The van der Waals surface area contributed by atoms with Crippen molar-refractivity contribution >= 4 is 51.7 Å². The lowest BCUT2D eigenvalue weighted by Crippen LogP contribution is -2.27. The van der Waals surface area contributed by atoms with Gasteiger partial charge in [0, 0.05) is 31.7 Å². The average molecular weight is 517 g/mol. The average Bonchev–Trinajstić information content (AvgIpc) is 3.49. The molecule has 1 amide bonds. The Bertz CT molecular complexity index is 1510. The van der Waals surface area contributed by atoms with Crippen LogP contribution in [0.5, 0.6) is 0 Å². The molecule has 4 aromatic rings. The first-order valence-electron chi connectivity index (χ1n) is 11.5. The van der Waals surface area contributed by atoms with E-state index in [1.165, 1.54) is 16.2 Å². The molecule has 0 aliphatic carbocycles.